The van der Waals surface area contributed by atoms with Crippen LogP contribution in [0.1, 0.15) is 129 Å². The summed E-state index contributed by atoms with van der Waals surface area (Å²) in [6, 6.07) is 17.3. The SMILES string of the molecule is CCn1cc[n+](CC)c1-c1c2nc(c(-c3n(CC)cc[n+]3CC)c3ccc([nH]3)c(-c3n(CC)cc[n+]3CC)c3nc(c(-c4n(CC)cc[n+]4CC)c4ccc1[nH]4)C=C3)C=C2.CCn1ccnc1-c1c2nc(c(-c3nccn3CC)c3ccc([nH]3)c(-c3nccn3CC)c3nc(c(-c4nccn4CC)c4ccc1[nH]4)C=C3)C=C2.[I-].[I-].[I-].[I-]. The molecule has 4 N–H and O–H groups in total. The highest BCUT2D eigenvalue weighted by Gasteiger charge is 2.33. The molecule has 4 aliphatic rings. The van der Waals surface area contributed by atoms with Gasteiger partial charge in [0, 0.05) is 75.8 Å². The summed E-state index contributed by atoms with van der Waals surface area (Å²) in [6.07, 6.45) is 50.0. The average Bonchev–Trinajstić information content (AvgIpc) is 1.60. The first-order valence-corrected chi connectivity index (χ1v) is 39.7. The van der Waals surface area contributed by atoms with Crippen molar-refractivity contribution in [2.24, 2.45) is 0 Å². The number of aromatic nitrogens is 24. The highest BCUT2D eigenvalue weighted by atomic mass is 127. The number of aryl methyl sites for hydroxylation is 12. The van der Waals surface area contributed by atoms with Crippen molar-refractivity contribution in [3.8, 4) is 91.1 Å². The van der Waals surface area contributed by atoms with Crippen molar-refractivity contribution in [2.75, 3.05) is 0 Å². The number of halogens is 4. The van der Waals surface area contributed by atoms with Crippen LogP contribution >= 0.6 is 0 Å². The van der Waals surface area contributed by atoms with Gasteiger partial charge in [-0.25, -0.2) is 76.4 Å². The van der Waals surface area contributed by atoms with Gasteiger partial charge in [-0.3, -0.25) is 0 Å². The van der Waals surface area contributed by atoms with E-state index in [-0.39, 0.29) is 95.9 Å². The van der Waals surface area contributed by atoms with Gasteiger partial charge in [0.25, 0.3) is 23.3 Å². The highest BCUT2D eigenvalue weighted by molar-refractivity contribution is 6.00. The normalized spacial score (nSPS) is 12.0. The van der Waals surface area contributed by atoms with Gasteiger partial charge in [0.1, 0.15) is 95.1 Å². The third-order valence-electron chi connectivity index (χ3n) is 22.1. The molecule has 28 heteroatoms. The number of fused-ring (bicyclic) bond motifs is 16. The van der Waals surface area contributed by atoms with Gasteiger partial charge in [0.15, 0.2) is 0 Å². The van der Waals surface area contributed by atoms with Crippen molar-refractivity contribution < 1.29 is 114 Å². The van der Waals surface area contributed by atoms with E-state index in [4.69, 9.17) is 39.9 Å². The van der Waals surface area contributed by atoms with Crippen molar-refractivity contribution in [3.63, 3.8) is 0 Å². The molecule has 0 aromatic carbocycles. The first kappa shape index (κ1) is 83.7. The molecule has 0 saturated carbocycles. The van der Waals surface area contributed by atoms with E-state index in [1.165, 1.54) is 0 Å². The van der Waals surface area contributed by atoms with Crippen LogP contribution in [0.15, 0.2) is 148 Å². The number of aromatic amines is 4. The van der Waals surface area contributed by atoms with Crippen molar-refractivity contribution >= 4 is 92.7 Å². The molecule has 14 aromatic heterocycles. The fourth-order valence-corrected chi connectivity index (χ4v) is 16.5. The first-order valence-electron chi connectivity index (χ1n) is 39.7. The topological polar surface area (TPSA) is 221 Å². The van der Waals surface area contributed by atoms with E-state index in [1.807, 2.05) is 49.6 Å². The van der Waals surface area contributed by atoms with E-state index in [2.05, 4.69) is 305 Å². The zero-order valence-corrected chi connectivity index (χ0v) is 76.0. The van der Waals surface area contributed by atoms with E-state index in [0.717, 1.165) is 259 Å². The van der Waals surface area contributed by atoms with Crippen LogP contribution in [0.5, 0.6) is 0 Å². The number of H-pyrrole nitrogens is 4. The van der Waals surface area contributed by atoms with Gasteiger partial charge in [0.2, 0.25) is 0 Å². The standard InChI is InChI=1S/C48H57N12.C40H38N12.4HI/c1-9-53-25-26-54(10-2)45(53)41-33-17-19-35(49-33)42(46-55(11-3)27-28-56(46)12-4)37-21-23-39(51-37)44(48-59(15-7)31-32-60(48)16-8)40-24-22-38(52-40)43(36-20-18-34(41)50-36)47-57(13-5)29-30-58(47)14-6;1-5-49-21-17-41-37(49)33-25-9-11-27(45-25)34(38-42-18-22-50(38)6-2)29-13-15-31(47-29)36(40-44-20-24-52(40)8-4)32-16-14-30(48-32)35(28-12-10-26(33)46-28)39-43-19-23-51(39)7-3;;;;/h17-32H,9-16H2,1-8H3,(H,49,50,51,52);9-24,45,48H,5-8H2,1-4H3;4*1H/q+3;;;;;/p-3. The summed E-state index contributed by atoms with van der Waals surface area (Å²) in [6.45, 7) is 35.8. The third-order valence-corrected chi connectivity index (χ3v) is 22.1. The van der Waals surface area contributed by atoms with Gasteiger partial charge < -0.3 is 134 Å². The Morgan fingerprint density at radius 2 is 0.405 bits per heavy atom. The average molecular weight is 2000 g/mol. The Hall–Kier alpha value is -10.2. The quantitative estimate of drug-likeness (QED) is 0.0643. The minimum atomic E-state index is 0. The molecule has 0 fully saturated rings. The second-order valence-corrected chi connectivity index (χ2v) is 27.9. The molecule has 18 rings (SSSR count). The Morgan fingerprint density at radius 3 is 0.578 bits per heavy atom. The summed E-state index contributed by atoms with van der Waals surface area (Å²) in [5, 5.41) is 0. The third kappa shape index (κ3) is 14.6. The van der Waals surface area contributed by atoms with E-state index in [9.17, 15) is 0 Å². The fourth-order valence-electron chi connectivity index (χ4n) is 16.5. The first-order chi connectivity index (χ1) is 55.0. The predicted octanol–water partition coefficient (Wildman–Crippen LogP) is 4.04. The van der Waals surface area contributed by atoms with Crippen LogP contribution in [0, 0.1) is 0 Å². The van der Waals surface area contributed by atoms with E-state index >= 15 is 0 Å². The largest absolute Gasteiger partial charge is 1.00 e. The van der Waals surface area contributed by atoms with Crippen LogP contribution in [0.25, 0.3) is 184 Å². The lowest BCUT2D eigenvalue weighted by molar-refractivity contribution is -0.682. The van der Waals surface area contributed by atoms with Gasteiger partial charge >= 0.3 is 0 Å². The number of hydrogen-bond acceptors (Lipinski definition) is 8. The minimum Gasteiger partial charge on any atom is -1.00 e. The van der Waals surface area contributed by atoms with Gasteiger partial charge in [-0.2, -0.15) is 0 Å². The summed E-state index contributed by atoms with van der Waals surface area (Å²) in [5.74, 6) is 7.77. The van der Waals surface area contributed by atoms with Crippen LogP contribution in [0.2, 0.25) is 0 Å². The summed E-state index contributed by atoms with van der Waals surface area (Å²) in [5.41, 5.74) is 22.3. The number of imidazole rings is 8. The van der Waals surface area contributed by atoms with E-state index < -0.39 is 0 Å². The number of hydrogen-bond donors (Lipinski definition) is 4. The molecule has 14 aromatic rings. The van der Waals surface area contributed by atoms with Crippen LogP contribution in [0.3, 0.4) is 0 Å². The molecule has 0 aliphatic carbocycles. The molecule has 0 radical (unpaired) electrons. The monoisotopic (exact) mass is 2000 g/mol. The smallest absolute Gasteiger partial charge is 0.293 e. The number of rotatable bonds is 20. The molecule has 0 saturated heterocycles. The Bertz CT molecular complexity index is 5650. The molecule has 0 spiro atoms. The number of nitrogens with zero attached hydrogens (tertiary/aromatic N) is 20. The lowest BCUT2D eigenvalue weighted by Gasteiger charge is -2.09. The Morgan fingerprint density at radius 1 is 0.233 bits per heavy atom. The van der Waals surface area contributed by atoms with Crippen LogP contribution in [-0.2, 0) is 78.5 Å². The molecular formula is C88H96I4N24. The van der Waals surface area contributed by atoms with Crippen LogP contribution in [0.4, 0.5) is 0 Å². The number of nitrogens with one attached hydrogen (secondary N) is 4. The van der Waals surface area contributed by atoms with Crippen LogP contribution in [-0.4, -0.2) is 96.3 Å². The molecule has 18 heterocycles. The summed E-state index contributed by atoms with van der Waals surface area (Å²) >= 11 is 0. The van der Waals surface area contributed by atoms with Crippen LogP contribution < -0.4 is 114 Å². The van der Waals surface area contributed by atoms with Crippen molar-refractivity contribution in [3.05, 3.63) is 193 Å². The Labute approximate surface area is 742 Å². The summed E-state index contributed by atoms with van der Waals surface area (Å²) < 4.78 is 27.2. The van der Waals surface area contributed by atoms with Gasteiger partial charge in [-0.15, -0.1) is 0 Å². The summed E-state index contributed by atoms with van der Waals surface area (Å²) in [4.78, 5) is 56.9. The Balaban J connectivity index is 0.000000197. The maximum absolute atomic E-state index is 5.63. The molecule has 116 heavy (non-hydrogen) atoms. The Kier molecular flexibility index (Phi) is 25.8. The van der Waals surface area contributed by atoms with Gasteiger partial charge in [-0.05, 0) is 180 Å². The fraction of sp³-hybridized carbons (Fsp3) is 0.273. The molecule has 0 unspecified atom stereocenters. The lowest BCUT2D eigenvalue weighted by atomic mass is 10.1. The maximum atomic E-state index is 5.63. The van der Waals surface area contributed by atoms with Gasteiger partial charge in [-0.1, -0.05) is 0 Å². The van der Waals surface area contributed by atoms with Crippen molar-refractivity contribution in [1.82, 2.24) is 96.3 Å². The molecular weight excluding hydrogens is 1900 g/mol. The highest BCUT2D eigenvalue weighted by Crippen LogP contribution is 2.41. The maximum Gasteiger partial charge on any atom is 0.293 e. The second-order valence-electron chi connectivity index (χ2n) is 27.9. The molecule has 4 aliphatic heterocycles. The molecule has 24 nitrogen and oxygen atoms in total. The van der Waals surface area contributed by atoms with E-state index in [0.29, 0.717) is 0 Å². The van der Waals surface area contributed by atoms with E-state index in [1.54, 1.807) is 0 Å². The minimum absolute atomic E-state index is 0. The van der Waals surface area contributed by atoms with Crippen molar-refractivity contribution in [2.45, 2.75) is 162 Å². The zero-order valence-electron chi connectivity index (χ0n) is 67.4. The van der Waals surface area contributed by atoms with Gasteiger partial charge in [0.05, 0.1) is 164 Å². The van der Waals surface area contributed by atoms with Crippen molar-refractivity contribution in [1.29, 1.82) is 0 Å². The molecule has 0 atom stereocenters. The zero-order chi connectivity index (χ0) is 77.0. The lowest BCUT2D eigenvalue weighted by Crippen LogP contribution is -3.00. The molecule has 596 valence electrons. The molecule has 16 bridgehead atoms. The predicted molar refractivity (Wildman–Crippen MR) is 445 cm³/mol. The summed E-state index contributed by atoms with van der Waals surface area (Å²) in [7, 11) is 0. The second kappa shape index (κ2) is 35.7. The molecule has 0 amide bonds.